The SMILES string of the molecule is Cc1ccc(S(=O)(=O)N[C@H](Cc2ccccc2)C2=N[C@@H](c3ccccc3)CO2)cc1. The van der Waals surface area contributed by atoms with Crippen molar-refractivity contribution in [2.75, 3.05) is 6.61 Å². The number of aryl methyl sites for hydroxylation is 1. The molecule has 0 radical (unpaired) electrons. The van der Waals surface area contributed by atoms with E-state index in [0.29, 0.717) is 18.9 Å². The third-order valence-electron chi connectivity index (χ3n) is 5.07. The van der Waals surface area contributed by atoms with E-state index in [1.54, 1.807) is 24.3 Å². The Morgan fingerprint density at radius 2 is 1.60 bits per heavy atom. The average Bonchev–Trinajstić information content (AvgIpc) is 3.25. The molecule has 30 heavy (non-hydrogen) atoms. The molecule has 5 nitrogen and oxygen atoms in total. The van der Waals surface area contributed by atoms with E-state index in [1.165, 1.54) is 0 Å². The van der Waals surface area contributed by atoms with Gasteiger partial charge in [-0.1, -0.05) is 78.4 Å². The first-order valence-electron chi connectivity index (χ1n) is 9.89. The molecule has 6 heteroatoms. The van der Waals surface area contributed by atoms with E-state index in [1.807, 2.05) is 67.6 Å². The van der Waals surface area contributed by atoms with Gasteiger partial charge in [-0.2, -0.15) is 4.72 Å². The van der Waals surface area contributed by atoms with Crippen LogP contribution in [0.5, 0.6) is 0 Å². The maximum Gasteiger partial charge on any atom is 0.241 e. The second-order valence-corrected chi connectivity index (χ2v) is 9.10. The Hall–Kier alpha value is -2.96. The summed E-state index contributed by atoms with van der Waals surface area (Å²) >= 11 is 0. The molecule has 0 amide bonds. The van der Waals surface area contributed by atoms with Crippen molar-refractivity contribution in [3.05, 3.63) is 102 Å². The fourth-order valence-electron chi connectivity index (χ4n) is 3.43. The molecule has 0 unspecified atom stereocenters. The number of sulfonamides is 1. The summed E-state index contributed by atoms with van der Waals surface area (Å²) < 4.78 is 34.7. The molecule has 1 aliphatic rings. The summed E-state index contributed by atoms with van der Waals surface area (Å²) in [5.41, 5.74) is 3.06. The number of hydrogen-bond acceptors (Lipinski definition) is 4. The fraction of sp³-hybridized carbons (Fsp3) is 0.208. The van der Waals surface area contributed by atoms with Gasteiger partial charge in [0.15, 0.2) is 0 Å². The number of rotatable bonds is 7. The summed E-state index contributed by atoms with van der Waals surface area (Å²) in [7, 11) is -3.73. The van der Waals surface area contributed by atoms with E-state index in [4.69, 9.17) is 9.73 Å². The van der Waals surface area contributed by atoms with Gasteiger partial charge in [-0.25, -0.2) is 13.4 Å². The summed E-state index contributed by atoms with van der Waals surface area (Å²) in [6.07, 6.45) is 0.451. The predicted molar refractivity (Wildman–Crippen MR) is 118 cm³/mol. The first kappa shape index (κ1) is 20.3. The van der Waals surface area contributed by atoms with Gasteiger partial charge in [-0.3, -0.25) is 0 Å². The van der Waals surface area contributed by atoms with Gasteiger partial charge in [0.05, 0.1) is 4.90 Å². The van der Waals surface area contributed by atoms with Crippen LogP contribution in [0, 0.1) is 6.92 Å². The molecule has 0 saturated heterocycles. The Morgan fingerprint density at radius 3 is 2.27 bits per heavy atom. The molecular formula is C24H24N2O3S. The van der Waals surface area contributed by atoms with Crippen LogP contribution in [0.2, 0.25) is 0 Å². The van der Waals surface area contributed by atoms with Crippen molar-refractivity contribution < 1.29 is 13.2 Å². The van der Waals surface area contributed by atoms with Crippen molar-refractivity contribution in [3.8, 4) is 0 Å². The van der Waals surface area contributed by atoms with Crippen LogP contribution < -0.4 is 4.72 Å². The summed E-state index contributed by atoms with van der Waals surface area (Å²) in [5.74, 6) is 0.420. The highest BCUT2D eigenvalue weighted by atomic mass is 32.2. The average molecular weight is 421 g/mol. The van der Waals surface area contributed by atoms with Gasteiger partial charge in [-0.05, 0) is 36.6 Å². The molecule has 1 heterocycles. The lowest BCUT2D eigenvalue weighted by Crippen LogP contribution is -2.42. The van der Waals surface area contributed by atoms with Gasteiger partial charge in [0, 0.05) is 0 Å². The molecule has 0 fully saturated rings. The maximum atomic E-state index is 13.0. The number of benzene rings is 3. The molecule has 3 aromatic rings. The van der Waals surface area contributed by atoms with Gasteiger partial charge in [0.25, 0.3) is 0 Å². The Bertz CT molecular complexity index is 1110. The number of nitrogens with zero attached hydrogens (tertiary/aromatic N) is 1. The van der Waals surface area contributed by atoms with Crippen LogP contribution in [0.15, 0.2) is 94.8 Å². The smallest absolute Gasteiger partial charge is 0.241 e. The van der Waals surface area contributed by atoms with Gasteiger partial charge in [0.1, 0.15) is 18.7 Å². The topological polar surface area (TPSA) is 67.8 Å². The molecule has 0 bridgehead atoms. The highest BCUT2D eigenvalue weighted by Crippen LogP contribution is 2.25. The zero-order valence-corrected chi connectivity index (χ0v) is 17.5. The standard InChI is InChI=1S/C24H24N2O3S/c1-18-12-14-21(15-13-18)30(27,28)26-22(16-19-8-4-2-5-9-19)24-25-23(17-29-24)20-10-6-3-7-11-20/h2-15,22-23,26H,16-17H2,1H3/t22-,23-/m1/s1. The Balaban J connectivity index is 1.62. The van der Waals surface area contributed by atoms with Crippen LogP contribution in [0.3, 0.4) is 0 Å². The van der Waals surface area contributed by atoms with E-state index >= 15 is 0 Å². The Morgan fingerprint density at radius 1 is 0.967 bits per heavy atom. The zero-order valence-electron chi connectivity index (χ0n) is 16.7. The minimum atomic E-state index is -3.73. The molecule has 0 aromatic heterocycles. The van der Waals surface area contributed by atoms with Gasteiger partial charge in [0.2, 0.25) is 15.9 Å². The van der Waals surface area contributed by atoms with Crippen LogP contribution >= 0.6 is 0 Å². The molecule has 154 valence electrons. The first-order chi connectivity index (χ1) is 14.5. The van der Waals surface area contributed by atoms with E-state index < -0.39 is 16.1 Å². The molecule has 3 aromatic carbocycles. The van der Waals surface area contributed by atoms with Gasteiger partial charge >= 0.3 is 0 Å². The monoisotopic (exact) mass is 420 g/mol. The lowest BCUT2D eigenvalue weighted by molar-refractivity contribution is 0.305. The first-order valence-corrected chi connectivity index (χ1v) is 11.4. The van der Waals surface area contributed by atoms with Crippen LogP contribution in [-0.2, 0) is 21.2 Å². The summed E-state index contributed by atoms with van der Waals surface area (Å²) in [6, 6.07) is 25.7. The van der Waals surface area contributed by atoms with Crippen LogP contribution in [-0.4, -0.2) is 27.0 Å². The lowest BCUT2D eigenvalue weighted by Gasteiger charge is -2.18. The van der Waals surface area contributed by atoms with Crippen molar-refractivity contribution in [3.63, 3.8) is 0 Å². The number of ether oxygens (including phenoxy) is 1. The number of nitrogens with one attached hydrogen (secondary N) is 1. The van der Waals surface area contributed by atoms with Crippen molar-refractivity contribution in [1.82, 2.24) is 4.72 Å². The largest absolute Gasteiger partial charge is 0.477 e. The number of hydrogen-bond donors (Lipinski definition) is 1. The molecule has 0 aliphatic carbocycles. The normalized spacial score (nSPS) is 17.2. The Labute approximate surface area is 177 Å². The summed E-state index contributed by atoms with van der Waals surface area (Å²) in [4.78, 5) is 4.94. The minimum absolute atomic E-state index is 0.136. The molecule has 4 rings (SSSR count). The van der Waals surface area contributed by atoms with Crippen molar-refractivity contribution in [2.45, 2.75) is 30.3 Å². The highest BCUT2D eigenvalue weighted by molar-refractivity contribution is 7.89. The lowest BCUT2D eigenvalue weighted by atomic mass is 10.1. The van der Waals surface area contributed by atoms with Crippen LogP contribution in [0.25, 0.3) is 0 Å². The minimum Gasteiger partial charge on any atom is -0.477 e. The Kier molecular flexibility index (Phi) is 5.97. The molecule has 1 aliphatic heterocycles. The van der Waals surface area contributed by atoms with E-state index in [2.05, 4.69) is 4.72 Å². The quantitative estimate of drug-likeness (QED) is 0.627. The van der Waals surface area contributed by atoms with Gasteiger partial charge in [-0.15, -0.1) is 0 Å². The fourth-order valence-corrected chi connectivity index (χ4v) is 4.62. The third kappa shape index (κ3) is 4.78. The molecular weight excluding hydrogens is 396 g/mol. The summed E-state index contributed by atoms with van der Waals surface area (Å²) in [5, 5.41) is 0. The van der Waals surface area contributed by atoms with E-state index in [-0.39, 0.29) is 10.9 Å². The van der Waals surface area contributed by atoms with Crippen molar-refractivity contribution in [2.24, 2.45) is 4.99 Å². The highest BCUT2D eigenvalue weighted by Gasteiger charge is 2.30. The zero-order chi connectivity index (χ0) is 21.0. The van der Waals surface area contributed by atoms with Crippen molar-refractivity contribution >= 4 is 15.9 Å². The molecule has 0 spiro atoms. The molecule has 0 saturated carbocycles. The van der Waals surface area contributed by atoms with Crippen molar-refractivity contribution in [1.29, 1.82) is 0 Å². The third-order valence-corrected chi connectivity index (χ3v) is 6.55. The van der Waals surface area contributed by atoms with Gasteiger partial charge < -0.3 is 4.74 Å². The molecule has 2 atom stereocenters. The van der Waals surface area contributed by atoms with E-state index in [0.717, 1.165) is 16.7 Å². The van der Waals surface area contributed by atoms with Crippen LogP contribution in [0.1, 0.15) is 22.7 Å². The molecule has 1 N–H and O–H groups in total. The number of aliphatic imine (C=N–C) groups is 1. The predicted octanol–water partition coefficient (Wildman–Crippen LogP) is 4.05. The summed E-state index contributed by atoms with van der Waals surface area (Å²) in [6.45, 7) is 2.32. The van der Waals surface area contributed by atoms with E-state index in [9.17, 15) is 8.42 Å². The van der Waals surface area contributed by atoms with Crippen LogP contribution in [0.4, 0.5) is 0 Å². The maximum absolute atomic E-state index is 13.0. The second kappa shape index (κ2) is 8.81. The second-order valence-electron chi connectivity index (χ2n) is 7.38.